The van der Waals surface area contributed by atoms with E-state index in [4.69, 9.17) is 44.3 Å². The van der Waals surface area contributed by atoms with Crippen molar-refractivity contribution >= 4 is 69.3 Å². The molecule has 0 aliphatic carbocycles. The Hall–Kier alpha value is -3.91. The smallest absolute Gasteiger partial charge is 0.250 e. The average Bonchev–Trinajstić information content (AvgIpc) is 3.51. The lowest BCUT2D eigenvalue weighted by atomic mass is 10.1. The van der Waals surface area contributed by atoms with Crippen LogP contribution in [0.15, 0.2) is 81.6 Å². The molecule has 0 radical (unpaired) electrons. The zero-order valence-electron chi connectivity index (χ0n) is 20.3. The van der Waals surface area contributed by atoms with E-state index in [9.17, 15) is 4.79 Å². The number of fused-ring (bicyclic) bond motifs is 1. The molecule has 6 nitrogen and oxygen atoms in total. The van der Waals surface area contributed by atoms with Crippen molar-refractivity contribution in [2.24, 2.45) is 0 Å². The van der Waals surface area contributed by atoms with Crippen LogP contribution in [0.25, 0.3) is 40.0 Å². The van der Waals surface area contributed by atoms with Gasteiger partial charge < -0.3 is 14.2 Å². The van der Waals surface area contributed by atoms with Gasteiger partial charge in [0.15, 0.2) is 10.7 Å². The lowest BCUT2D eigenvalue weighted by molar-refractivity contribution is -0.115. The molecule has 1 amide bonds. The SMILES string of the molecule is Cc1ccc(-c2nc3cc(NC(=S)NC(=O)C=Cc4ccc(-c5cccc(Cl)c5Cl)o4)ccc3o2)c(C)c1. The van der Waals surface area contributed by atoms with E-state index in [-0.39, 0.29) is 5.11 Å². The fraction of sp³-hybridized carbons (Fsp3) is 0.0690. The minimum Gasteiger partial charge on any atom is -0.457 e. The highest BCUT2D eigenvalue weighted by atomic mass is 35.5. The number of anilines is 1. The molecule has 5 aromatic rings. The Morgan fingerprint density at radius 3 is 2.63 bits per heavy atom. The van der Waals surface area contributed by atoms with Crippen molar-refractivity contribution in [2.75, 3.05) is 5.32 Å². The molecule has 0 aliphatic heterocycles. The van der Waals surface area contributed by atoms with Gasteiger partial charge in [0, 0.05) is 22.9 Å². The number of halogens is 2. The van der Waals surface area contributed by atoms with Crippen molar-refractivity contribution in [3.63, 3.8) is 0 Å². The fourth-order valence-corrected chi connectivity index (χ4v) is 4.54. The fourth-order valence-electron chi connectivity index (χ4n) is 3.93. The minimum atomic E-state index is -0.416. The van der Waals surface area contributed by atoms with E-state index in [1.54, 1.807) is 36.4 Å². The maximum Gasteiger partial charge on any atom is 0.250 e. The highest BCUT2D eigenvalue weighted by Crippen LogP contribution is 2.34. The highest BCUT2D eigenvalue weighted by molar-refractivity contribution is 7.80. The van der Waals surface area contributed by atoms with Gasteiger partial charge in [-0.3, -0.25) is 10.1 Å². The molecular formula is C29H21Cl2N3O3S. The molecule has 0 spiro atoms. The quantitative estimate of drug-likeness (QED) is 0.166. The summed E-state index contributed by atoms with van der Waals surface area (Å²) in [6.07, 6.45) is 2.86. The van der Waals surface area contributed by atoms with Crippen LogP contribution in [0.3, 0.4) is 0 Å². The maximum atomic E-state index is 12.4. The molecule has 9 heteroatoms. The molecule has 190 valence electrons. The predicted molar refractivity (Wildman–Crippen MR) is 156 cm³/mol. The van der Waals surface area contributed by atoms with Crippen molar-refractivity contribution in [3.05, 3.63) is 99.7 Å². The van der Waals surface area contributed by atoms with Gasteiger partial charge in [0.2, 0.25) is 11.8 Å². The van der Waals surface area contributed by atoms with Gasteiger partial charge in [-0.2, -0.15) is 0 Å². The van der Waals surface area contributed by atoms with Crippen LogP contribution in [0.1, 0.15) is 16.9 Å². The van der Waals surface area contributed by atoms with Crippen molar-refractivity contribution < 1.29 is 13.6 Å². The van der Waals surface area contributed by atoms with Crippen LogP contribution >= 0.6 is 35.4 Å². The van der Waals surface area contributed by atoms with E-state index in [1.807, 2.05) is 38.1 Å². The van der Waals surface area contributed by atoms with Gasteiger partial charge in [-0.25, -0.2) is 4.98 Å². The molecule has 38 heavy (non-hydrogen) atoms. The summed E-state index contributed by atoms with van der Waals surface area (Å²) in [7, 11) is 0. The maximum absolute atomic E-state index is 12.4. The van der Waals surface area contributed by atoms with Crippen molar-refractivity contribution in [3.8, 4) is 22.8 Å². The second-order valence-corrected chi connectivity index (χ2v) is 9.79. The number of aromatic nitrogens is 1. The topological polar surface area (TPSA) is 80.3 Å². The third-order valence-electron chi connectivity index (χ3n) is 5.74. The van der Waals surface area contributed by atoms with E-state index in [0.717, 1.165) is 11.1 Å². The van der Waals surface area contributed by atoms with Crippen LogP contribution < -0.4 is 10.6 Å². The zero-order valence-corrected chi connectivity index (χ0v) is 22.7. The molecule has 0 bridgehead atoms. The van der Waals surface area contributed by atoms with Crippen LogP contribution in [0.4, 0.5) is 5.69 Å². The van der Waals surface area contributed by atoms with Gasteiger partial charge in [-0.1, -0.05) is 47.0 Å². The number of furan rings is 1. The van der Waals surface area contributed by atoms with Crippen LogP contribution in [0, 0.1) is 13.8 Å². The Kier molecular flexibility index (Phi) is 7.33. The Bertz CT molecular complexity index is 1720. The molecular weight excluding hydrogens is 541 g/mol. The van der Waals surface area contributed by atoms with Gasteiger partial charge in [0.25, 0.3) is 0 Å². The number of carbonyl (C=O) groups excluding carboxylic acids is 1. The lowest BCUT2D eigenvalue weighted by Crippen LogP contribution is -2.32. The molecule has 3 aromatic carbocycles. The third kappa shape index (κ3) is 5.65. The summed E-state index contributed by atoms with van der Waals surface area (Å²) in [6.45, 7) is 4.07. The molecule has 5 rings (SSSR count). The number of oxazole rings is 1. The summed E-state index contributed by atoms with van der Waals surface area (Å²) in [5.74, 6) is 1.15. The van der Waals surface area contributed by atoms with Crippen LogP contribution in [-0.4, -0.2) is 16.0 Å². The molecule has 0 atom stereocenters. The van der Waals surface area contributed by atoms with Crippen LogP contribution in [-0.2, 0) is 4.79 Å². The molecule has 0 fully saturated rings. The Morgan fingerprint density at radius 2 is 1.82 bits per heavy atom. The minimum absolute atomic E-state index is 0.142. The van der Waals surface area contributed by atoms with Crippen molar-refractivity contribution in [2.45, 2.75) is 13.8 Å². The first-order chi connectivity index (χ1) is 18.3. The summed E-state index contributed by atoms with van der Waals surface area (Å²) in [5, 5.41) is 6.59. The number of hydrogen-bond donors (Lipinski definition) is 2. The first-order valence-corrected chi connectivity index (χ1v) is 12.8. The highest BCUT2D eigenvalue weighted by Gasteiger charge is 2.13. The summed E-state index contributed by atoms with van der Waals surface area (Å²) in [4.78, 5) is 17.0. The van der Waals surface area contributed by atoms with Gasteiger partial charge in [0.1, 0.15) is 17.0 Å². The summed E-state index contributed by atoms with van der Waals surface area (Å²) >= 11 is 17.6. The number of rotatable bonds is 5. The van der Waals surface area contributed by atoms with Gasteiger partial charge >= 0.3 is 0 Å². The van der Waals surface area contributed by atoms with Crippen LogP contribution in [0.5, 0.6) is 0 Å². The second kappa shape index (κ2) is 10.8. The number of carbonyl (C=O) groups is 1. The number of benzene rings is 3. The largest absolute Gasteiger partial charge is 0.457 e. The molecule has 0 aliphatic rings. The monoisotopic (exact) mass is 561 g/mol. The lowest BCUT2D eigenvalue weighted by Gasteiger charge is -2.07. The molecule has 2 N–H and O–H groups in total. The second-order valence-electron chi connectivity index (χ2n) is 8.60. The van der Waals surface area contributed by atoms with Gasteiger partial charge in [-0.05, 0) is 86.2 Å². The normalized spacial score (nSPS) is 11.3. The number of hydrogen-bond acceptors (Lipinski definition) is 5. The first-order valence-electron chi connectivity index (χ1n) is 11.6. The average molecular weight is 562 g/mol. The van der Waals surface area contributed by atoms with Crippen molar-refractivity contribution in [1.82, 2.24) is 10.3 Å². The number of amides is 1. The Balaban J connectivity index is 1.22. The van der Waals surface area contributed by atoms with E-state index >= 15 is 0 Å². The Morgan fingerprint density at radius 1 is 0.974 bits per heavy atom. The molecule has 2 heterocycles. The summed E-state index contributed by atoms with van der Waals surface area (Å²) in [5.41, 5.74) is 5.87. The van der Waals surface area contributed by atoms with E-state index < -0.39 is 5.91 Å². The summed E-state index contributed by atoms with van der Waals surface area (Å²) in [6, 6.07) is 20.3. The Labute approximate surface area is 234 Å². The number of nitrogens with one attached hydrogen (secondary N) is 2. The molecule has 0 unspecified atom stereocenters. The number of aryl methyl sites for hydroxylation is 2. The summed E-state index contributed by atoms with van der Waals surface area (Å²) < 4.78 is 11.7. The number of thiocarbonyl (C=S) groups is 1. The van der Waals surface area contributed by atoms with Gasteiger partial charge in [0.05, 0.1) is 10.0 Å². The molecule has 0 saturated carbocycles. The van der Waals surface area contributed by atoms with Crippen molar-refractivity contribution in [1.29, 1.82) is 0 Å². The molecule has 2 aromatic heterocycles. The standard InChI is InChI=1S/C29H21Cl2N3O3S/c1-16-6-10-20(17(2)14-16)28-33-23-15-18(7-11-25(23)37-28)32-29(38)34-26(35)13-9-19-8-12-24(36-19)21-4-3-5-22(30)27(21)31/h3-15H,1-2H3,(H2,32,34,35,38). The number of nitrogens with zero attached hydrogens (tertiary/aromatic N) is 1. The third-order valence-corrected chi connectivity index (χ3v) is 6.76. The van der Waals surface area contributed by atoms with Gasteiger partial charge in [-0.15, -0.1) is 0 Å². The first kappa shape index (κ1) is 25.7. The van der Waals surface area contributed by atoms with E-state index in [1.165, 1.54) is 17.7 Å². The molecule has 0 saturated heterocycles. The predicted octanol–water partition coefficient (Wildman–Crippen LogP) is 8.20. The van der Waals surface area contributed by atoms with E-state index in [2.05, 4.69) is 21.7 Å². The zero-order chi connectivity index (χ0) is 26.8. The van der Waals surface area contributed by atoms with E-state index in [0.29, 0.717) is 49.8 Å². The van der Waals surface area contributed by atoms with Crippen LogP contribution in [0.2, 0.25) is 10.0 Å².